The van der Waals surface area contributed by atoms with Crippen LogP contribution >= 0.6 is 12.2 Å². The van der Waals surface area contributed by atoms with Crippen LogP contribution in [-0.4, -0.2) is 21.1 Å². The van der Waals surface area contributed by atoms with E-state index in [1.807, 2.05) is 12.1 Å². The molecule has 0 bridgehead atoms. The van der Waals surface area contributed by atoms with Crippen LogP contribution in [0.25, 0.3) is 11.4 Å². The first-order valence-corrected chi connectivity index (χ1v) is 8.65. The summed E-state index contributed by atoms with van der Waals surface area (Å²) in [6.45, 7) is 8.66. The maximum atomic E-state index is 5.32. The summed E-state index contributed by atoms with van der Waals surface area (Å²) < 4.78 is 2.13. The number of hydrogen-bond acceptors (Lipinski definition) is 3. The molecular weight excluding hydrogens is 328 g/mol. The van der Waals surface area contributed by atoms with E-state index < -0.39 is 0 Å². The molecule has 1 N–H and O–H groups in total. The van der Waals surface area contributed by atoms with E-state index in [9.17, 15) is 0 Å². The Morgan fingerprint density at radius 1 is 1.12 bits per heavy atom. The fourth-order valence-electron chi connectivity index (χ4n) is 2.56. The lowest BCUT2D eigenvalue weighted by Gasteiger charge is -2.18. The van der Waals surface area contributed by atoms with E-state index in [2.05, 4.69) is 79.4 Å². The van der Waals surface area contributed by atoms with Crippen LogP contribution in [0.5, 0.6) is 0 Å². The van der Waals surface area contributed by atoms with Gasteiger partial charge in [-0.15, -0.1) is 0 Å². The summed E-state index contributed by atoms with van der Waals surface area (Å²) in [5.74, 6) is 0.705. The second kappa shape index (κ2) is 6.76. The van der Waals surface area contributed by atoms with Gasteiger partial charge in [-0.05, 0) is 41.7 Å². The van der Waals surface area contributed by atoms with E-state index in [1.54, 1.807) is 10.9 Å². The van der Waals surface area contributed by atoms with Gasteiger partial charge >= 0.3 is 0 Å². The molecule has 0 saturated heterocycles. The number of benzene rings is 2. The predicted molar refractivity (Wildman–Crippen MR) is 106 cm³/mol. The minimum absolute atomic E-state index is 0.140. The zero-order valence-electron chi connectivity index (χ0n) is 14.9. The van der Waals surface area contributed by atoms with Gasteiger partial charge in [-0.2, -0.15) is 14.9 Å². The van der Waals surface area contributed by atoms with Crippen LogP contribution in [0.2, 0.25) is 0 Å². The van der Waals surface area contributed by atoms with Gasteiger partial charge in [0.25, 0.3) is 0 Å². The fraction of sp³-hybridized carbons (Fsp3) is 0.250. The highest BCUT2D eigenvalue weighted by atomic mass is 32.1. The van der Waals surface area contributed by atoms with Crippen LogP contribution in [0.3, 0.4) is 0 Å². The van der Waals surface area contributed by atoms with Gasteiger partial charge in [0, 0.05) is 5.56 Å². The molecule has 0 radical (unpaired) electrons. The lowest BCUT2D eigenvalue weighted by molar-refractivity contribution is 0.590. The molecule has 5 heteroatoms. The third kappa shape index (κ3) is 3.94. The van der Waals surface area contributed by atoms with Crippen molar-refractivity contribution in [1.82, 2.24) is 14.9 Å². The minimum Gasteiger partial charge on any atom is -0.250 e. The molecule has 0 atom stereocenters. The molecule has 0 aliphatic carbocycles. The van der Waals surface area contributed by atoms with Crippen molar-refractivity contribution in [3.8, 4) is 11.4 Å². The fourth-order valence-corrected chi connectivity index (χ4v) is 2.74. The SMILES string of the molecule is Cc1cccc(-c2n[nH]c(=S)n2N=Cc2ccc(C(C)(C)C)cc2)c1. The van der Waals surface area contributed by atoms with Gasteiger partial charge in [-0.25, -0.2) is 5.10 Å². The Kier molecular flexibility index (Phi) is 4.68. The molecule has 0 aliphatic rings. The maximum absolute atomic E-state index is 5.32. The average molecular weight is 350 g/mol. The summed E-state index contributed by atoms with van der Waals surface area (Å²) in [5, 5.41) is 11.7. The van der Waals surface area contributed by atoms with Crippen molar-refractivity contribution in [2.75, 3.05) is 0 Å². The molecule has 3 aromatic rings. The number of aromatic nitrogens is 3. The Hall–Kier alpha value is -2.53. The van der Waals surface area contributed by atoms with E-state index >= 15 is 0 Å². The third-order valence-corrected chi connectivity index (χ3v) is 4.29. The quantitative estimate of drug-likeness (QED) is 0.528. The Labute approximate surface area is 153 Å². The minimum atomic E-state index is 0.140. The van der Waals surface area contributed by atoms with Crippen LogP contribution in [0, 0.1) is 11.7 Å². The number of aromatic amines is 1. The first-order chi connectivity index (χ1) is 11.8. The van der Waals surface area contributed by atoms with E-state index in [1.165, 1.54) is 11.1 Å². The van der Waals surface area contributed by atoms with Crippen LogP contribution in [0.1, 0.15) is 37.5 Å². The average Bonchev–Trinajstić information content (AvgIpc) is 2.93. The summed E-state index contributed by atoms with van der Waals surface area (Å²) in [6.07, 6.45) is 1.80. The molecule has 1 aromatic heterocycles. The summed E-state index contributed by atoms with van der Waals surface area (Å²) in [5.41, 5.74) is 4.60. The van der Waals surface area contributed by atoms with Crippen LogP contribution in [0.4, 0.5) is 0 Å². The molecule has 0 spiro atoms. The van der Waals surface area contributed by atoms with Crippen LogP contribution in [-0.2, 0) is 5.41 Å². The molecule has 2 aromatic carbocycles. The number of aryl methyl sites for hydroxylation is 1. The number of nitrogens with zero attached hydrogens (tertiary/aromatic N) is 3. The van der Waals surface area contributed by atoms with Gasteiger partial charge in [-0.3, -0.25) is 0 Å². The van der Waals surface area contributed by atoms with Crippen molar-refractivity contribution < 1.29 is 0 Å². The Morgan fingerprint density at radius 2 is 1.84 bits per heavy atom. The van der Waals surface area contributed by atoms with E-state index in [4.69, 9.17) is 12.2 Å². The maximum Gasteiger partial charge on any atom is 0.216 e. The first kappa shape index (κ1) is 17.3. The molecule has 3 rings (SSSR count). The highest BCUT2D eigenvalue weighted by Crippen LogP contribution is 2.22. The van der Waals surface area contributed by atoms with Crippen molar-refractivity contribution in [1.29, 1.82) is 0 Å². The van der Waals surface area contributed by atoms with E-state index in [0.29, 0.717) is 10.6 Å². The summed E-state index contributed by atoms with van der Waals surface area (Å²) in [4.78, 5) is 0. The predicted octanol–water partition coefficient (Wildman–Crippen LogP) is 5.10. The molecule has 4 nitrogen and oxygen atoms in total. The van der Waals surface area contributed by atoms with Gasteiger partial charge in [0.15, 0.2) is 5.82 Å². The standard InChI is InChI=1S/C20H22N4S/c1-14-6-5-7-16(12-14)18-22-23-19(25)24(18)21-13-15-8-10-17(11-9-15)20(2,3)4/h5-13H,1-4H3,(H,23,25). The molecular formula is C20H22N4S. The second-order valence-corrected chi connectivity index (χ2v) is 7.54. The van der Waals surface area contributed by atoms with Crippen molar-refractivity contribution in [2.45, 2.75) is 33.1 Å². The Balaban J connectivity index is 1.92. The highest BCUT2D eigenvalue weighted by molar-refractivity contribution is 7.71. The normalized spacial score (nSPS) is 12.0. The first-order valence-electron chi connectivity index (χ1n) is 8.24. The van der Waals surface area contributed by atoms with Gasteiger partial charge in [0.2, 0.25) is 4.77 Å². The van der Waals surface area contributed by atoms with E-state index in [0.717, 1.165) is 11.1 Å². The Morgan fingerprint density at radius 3 is 2.48 bits per heavy atom. The highest BCUT2D eigenvalue weighted by Gasteiger charge is 2.12. The summed E-state index contributed by atoms with van der Waals surface area (Å²) in [7, 11) is 0. The van der Waals surface area contributed by atoms with Crippen molar-refractivity contribution in [2.24, 2.45) is 5.10 Å². The molecule has 0 amide bonds. The zero-order valence-corrected chi connectivity index (χ0v) is 15.8. The number of hydrogen-bond donors (Lipinski definition) is 1. The smallest absolute Gasteiger partial charge is 0.216 e. The molecule has 0 saturated carbocycles. The molecule has 25 heavy (non-hydrogen) atoms. The van der Waals surface area contributed by atoms with Gasteiger partial charge in [0.1, 0.15) is 0 Å². The second-order valence-electron chi connectivity index (χ2n) is 7.15. The zero-order chi connectivity index (χ0) is 18.0. The van der Waals surface area contributed by atoms with Gasteiger partial charge in [0.05, 0.1) is 6.21 Å². The number of rotatable bonds is 3. The monoisotopic (exact) mass is 350 g/mol. The summed E-state index contributed by atoms with van der Waals surface area (Å²) >= 11 is 5.32. The van der Waals surface area contributed by atoms with E-state index in [-0.39, 0.29) is 5.41 Å². The van der Waals surface area contributed by atoms with Crippen LogP contribution in [0.15, 0.2) is 53.6 Å². The largest absolute Gasteiger partial charge is 0.250 e. The van der Waals surface area contributed by atoms with Crippen molar-refractivity contribution in [3.05, 3.63) is 70.0 Å². The Bertz CT molecular complexity index is 956. The number of H-pyrrole nitrogens is 1. The lowest BCUT2D eigenvalue weighted by Crippen LogP contribution is -2.10. The van der Waals surface area contributed by atoms with Crippen LogP contribution < -0.4 is 0 Å². The van der Waals surface area contributed by atoms with Gasteiger partial charge in [-0.1, -0.05) is 68.8 Å². The van der Waals surface area contributed by atoms with Crippen molar-refractivity contribution >= 4 is 18.4 Å². The molecule has 1 heterocycles. The van der Waals surface area contributed by atoms with Crippen molar-refractivity contribution in [3.63, 3.8) is 0 Å². The molecule has 128 valence electrons. The molecule has 0 aliphatic heterocycles. The number of nitrogens with one attached hydrogen (secondary N) is 1. The molecule has 0 unspecified atom stereocenters. The third-order valence-electron chi connectivity index (χ3n) is 4.03. The topological polar surface area (TPSA) is 46.0 Å². The lowest BCUT2D eigenvalue weighted by atomic mass is 9.87. The summed E-state index contributed by atoms with van der Waals surface area (Å²) in [6, 6.07) is 16.5. The molecule has 0 fully saturated rings. The van der Waals surface area contributed by atoms with Gasteiger partial charge < -0.3 is 0 Å².